The van der Waals surface area contributed by atoms with Gasteiger partial charge < -0.3 is 4.74 Å². The largest absolute Gasteiger partial charge is 0.496 e. The van der Waals surface area contributed by atoms with Crippen LogP contribution >= 0.6 is 0 Å². The van der Waals surface area contributed by atoms with Crippen LogP contribution in [0.3, 0.4) is 0 Å². The molecule has 0 radical (unpaired) electrons. The minimum Gasteiger partial charge on any atom is -0.496 e. The van der Waals surface area contributed by atoms with Crippen LogP contribution in [0, 0.1) is 6.92 Å². The number of methoxy groups -OCH3 is 1. The van der Waals surface area contributed by atoms with Gasteiger partial charge in [0.05, 0.1) is 24.1 Å². The van der Waals surface area contributed by atoms with E-state index in [0.29, 0.717) is 10.6 Å². The van der Waals surface area contributed by atoms with Crippen molar-refractivity contribution < 1.29 is 13.2 Å². The number of hydrogen-bond acceptors (Lipinski definition) is 3. The average Bonchev–Trinajstić information content (AvgIpc) is 3.48. The molecule has 3 aromatic carbocycles. The molecule has 0 bridgehead atoms. The fourth-order valence-corrected chi connectivity index (χ4v) is 5.28. The predicted molar refractivity (Wildman–Crippen MR) is 115 cm³/mol. The molecule has 4 nitrogen and oxygen atoms in total. The summed E-state index contributed by atoms with van der Waals surface area (Å²) in [5, 5.41) is 0. The van der Waals surface area contributed by atoms with Gasteiger partial charge in [0.1, 0.15) is 5.75 Å². The summed E-state index contributed by atoms with van der Waals surface area (Å²) in [6.07, 6.45) is 3.93. The Hall–Kier alpha value is -2.89. The molecule has 5 heteroatoms. The van der Waals surface area contributed by atoms with E-state index >= 15 is 0 Å². The Morgan fingerprint density at radius 3 is 2.24 bits per heavy atom. The van der Waals surface area contributed by atoms with Crippen molar-refractivity contribution in [2.75, 3.05) is 7.11 Å². The van der Waals surface area contributed by atoms with Gasteiger partial charge in [0, 0.05) is 5.56 Å². The second kappa shape index (κ2) is 7.85. The van der Waals surface area contributed by atoms with E-state index in [0.717, 1.165) is 16.7 Å². The minimum atomic E-state index is -3.63. The Morgan fingerprint density at radius 2 is 1.55 bits per heavy atom. The highest BCUT2D eigenvalue weighted by molar-refractivity contribution is 7.89. The lowest BCUT2D eigenvalue weighted by atomic mass is 10.1. The fraction of sp³-hybridized carbons (Fsp3) is 0.167. The molecule has 3 atom stereocenters. The van der Waals surface area contributed by atoms with Crippen molar-refractivity contribution in [2.45, 2.75) is 23.9 Å². The van der Waals surface area contributed by atoms with E-state index in [2.05, 4.69) is 0 Å². The minimum absolute atomic E-state index is 0.266. The van der Waals surface area contributed by atoms with Crippen molar-refractivity contribution in [1.82, 2.24) is 4.31 Å². The zero-order valence-electron chi connectivity index (χ0n) is 16.4. The average molecular weight is 406 g/mol. The third-order valence-electron chi connectivity index (χ3n) is 5.14. The first-order valence-electron chi connectivity index (χ1n) is 9.49. The van der Waals surface area contributed by atoms with Gasteiger partial charge in [-0.05, 0) is 30.7 Å². The molecule has 0 aromatic heterocycles. The highest BCUT2D eigenvalue weighted by Crippen LogP contribution is 2.51. The summed E-state index contributed by atoms with van der Waals surface area (Å²) in [4.78, 5) is 0.304. The van der Waals surface area contributed by atoms with E-state index in [1.54, 1.807) is 23.5 Å². The van der Waals surface area contributed by atoms with Crippen molar-refractivity contribution in [3.63, 3.8) is 0 Å². The zero-order chi connectivity index (χ0) is 20.4. The summed E-state index contributed by atoms with van der Waals surface area (Å²) in [6.45, 7) is 1.94. The number of aryl methyl sites for hydroxylation is 1. The van der Waals surface area contributed by atoms with Gasteiger partial charge in [0.15, 0.2) is 0 Å². The first kappa shape index (κ1) is 19.4. The van der Waals surface area contributed by atoms with Crippen LogP contribution in [0.15, 0.2) is 89.8 Å². The number of hydrogen-bond donors (Lipinski definition) is 0. The van der Waals surface area contributed by atoms with Gasteiger partial charge in [-0.1, -0.05) is 78.4 Å². The van der Waals surface area contributed by atoms with Gasteiger partial charge in [-0.25, -0.2) is 8.42 Å². The number of ether oxygens (including phenoxy) is 1. The molecule has 1 saturated heterocycles. The van der Waals surface area contributed by atoms with Crippen LogP contribution < -0.4 is 4.74 Å². The van der Waals surface area contributed by atoms with Crippen molar-refractivity contribution in [2.24, 2.45) is 0 Å². The molecule has 4 rings (SSSR count). The topological polar surface area (TPSA) is 46.4 Å². The lowest BCUT2D eigenvalue weighted by Crippen LogP contribution is -2.14. The summed E-state index contributed by atoms with van der Waals surface area (Å²) in [6, 6.07) is 23.9. The van der Waals surface area contributed by atoms with E-state index in [1.807, 2.05) is 85.8 Å². The Kier molecular flexibility index (Phi) is 5.26. The summed E-state index contributed by atoms with van der Waals surface area (Å²) in [5.74, 6) is 0.692. The van der Waals surface area contributed by atoms with Crippen LogP contribution in [0.1, 0.15) is 22.7 Å². The third-order valence-corrected chi connectivity index (χ3v) is 7.03. The van der Waals surface area contributed by atoms with E-state index in [4.69, 9.17) is 4.74 Å². The molecule has 1 unspecified atom stereocenters. The highest BCUT2D eigenvalue weighted by atomic mass is 32.2. The van der Waals surface area contributed by atoms with Crippen molar-refractivity contribution in [1.29, 1.82) is 0 Å². The van der Waals surface area contributed by atoms with Gasteiger partial charge in [0.25, 0.3) is 0 Å². The number of nitrogens with zero attached hydrogens (tertiary/aromatic N) is 1. The number of sulfonamides is 1. The summed E-state index contributed by atoms with van der Waals surface area (Å²) in [5.41, 5.74) is 2.93. The van der Waals surface area contributed by atoms with Crippen LogP contribution in [0.2, 0.25) is 0 Å². The molecule has 1 aliphatic heterocycles. The van der Waals surface area contributed by atoms with E-state index in [9.17, 15) is 8.42 Å². The molecule has 1 fully saturated rings. The van der Waals surface area contributed by atoms with Crippen molar-refractivity contribution in [3.8, 4) is 5.75 Å². The Balaban J connectivity index is 1.72. The predicted octanol–water partition coefficient (Wildman–Crippen LogP) is 4.83. The quantitative estimate of drug-likeness (QED) is 0.552. The summed E-state index contributed by atoms with van der Waals surface area (Å²) < 4.78 is 33.8. The molecular formula is C24H23NO3S. The van der Waals surface area contributed by atoms with Crippen LogP contribution in [0.5, 0.6) is 5.75 Å². The molecule has 1 heterocycles. The summed E-state index contributed by atoms with van der Waals surface area (Å²) in [7, 11) is -2.03. The molecule has 148 valence electrons. The maximum absolute atomic E-state index is 13.4. The second-order valence-electron chi connectivity index (χ2n) is 7.10. The molecule has 0 N–H and O–H groups in total. The molecule has 0 amide bonds. The standard InChI is InChI=1S/C24H23NO3S/c1-18-12-15-20(16-13-18)29(26,27)25-22(17-14-19-8-4-3-5-9-19)24(25)21-10-6-7-11-23(21)28-2/h3-17,22,24H,1-2H3/b17-14+/t22-,24-,25?/m1/s1. The Morgan fingerprint density at radius 1 is 0.897 bits per heavy atom. The van der Waals surface area contributed by atoms with Gasteiger partial charge in [-0.3, -0.25) is 0 Å². The molecule has 0 saturated carbocycles. The van der Waals surface area contributed by atoms with E-state index < -0.39 is 10.0 Å². The zero-order valence-corrected chi connectivity index (χ0v) is 17.2. The maximum atomic E-state index is 13.4. The SMILES string of the molecule is COc1ccccc1[C@@H]1[C@@H](/C=C/c2ccccc2)N1S(=O)(=O)c1ccc(C)cc1. The molecule has 0 spiro atoms. The first-order valence-corrected chi connectivity index (χ1v) is 10.9. The third kappa shape index (κ3) is 3.84. The van der Waals surface area contributed by atoms with Gasteiger partial charge in [-0.2, -0.15) is 4.31 Å². The second-order valence-corrected chi connectivity index (χ2v) is 8.94. The van der Waals surface area contributed by atoms with Crippen LogP contribution in [-0.2, 0) is 10.0 Å². The van der Waals surface area contributed by atoms with Crippen molar-refractivity contribution >= 4 is 16.1 Å². The van der Waals surface area contributed by atoms with Crippen molar-refractivity contribution in [3.05, 3.63) is 102 Å². The van der Waals surface area contributed by atoms with Crippen LogP contribution in [0.25, 0.3) is 6.08 Å². The molecule has 0 aliphatic carbocycles. The lowest BCUT2D eigenvalue weighted by molar-refractivity contribution is 0.408. The Bertz CT molecular complexity index is 1120. The smallest absolute Gasteiger partial charge is 0.244 e. The molecule has 29 heavy (non-hydrogen) atoms. The first-order chi connectivity index (χ1) is 14.0. The van der Waals surface area contributed by atoms with E-state index in [-0.39, 0.29) is 12.1 Å². The lowest BCUT2D eigenvalue weighted by Gasteiger charge is -2.09. The number of para-hydroxylation sites is 1. The van der Waals surface area contributed by atoms with E-state index in [1.165, 1.54) is 0 Å². The highest BCUT2D eigenvalue weighted by Gasteiger charge is 2.55. The monoisotopic (exact) mass is 405 g/mol. The van der Waals surface area contributed by atoms with Gasteiger partial charge >= 0.3 is 0 Å². The van der Waals surface area contributed by atoms with Crippen LogP contribution in [0.4, 0.5) is 0 Å². The molecule has 3 aromatic rings. The normalized spacial score (nSPS) is 21.2. The Labute approximate surface area is 172 Å². The van der Waals surface area contributed by atoms with Gasteiger partial charge in [-0.15, -0.1) is 0 Å². The summed E-state index contributed by atoms with van der Waals surface area (Å²) >= 11 is 0. The number of rotatable bonds is 6. The number of benzene rings is 3. The maximum Gasteiger partial charge on any atom is 0.244 e. The molecule has 1 aliphatic rings. The fourth-order valence-electron chi connectivity index (χ4n) is 3.57. The molecular weight excluding hydrogens is 382 g/mol. The van der Waals surface area contributed by atoms with Gasteiger partial charge in [0.2, 0.25) is 10.0 Å². The van der Waals surface area contributed by atoms with Crippen LogP contribution in [-0.4, -0.2) is 25.9 Å².